The highest BCUT2D eigenvalue weighted by Gasteiger charge is 2.35. The van der Waals surface area contributed by atoms with Gasteiger partial charge in [0, 0.05) is 44.5 Å². The van der Waals surface area contributed by atoms with Crippen LogP contribution in [0.1, 0.15) is 25.0 Å². The lowest BCUT2D eigenvalue weighted by atomic mass is 9.82. The first-order chi connectivity index (χ1) is 15.1. The normalized spacial score (nSPS) is 14.4. The molecule has 0 unspecified atom stereocenters. The van der Waals surface area contributed by atoms with E-state index < -0.39 is 0 Å². The van der Waals surface area contributed by atoms with Gasteiger partial charge >= 0.3 is 0 Å². The monoisotopic (exact) mass is 398 g/mol. The summed E-state index contributed by atoms with van der Waals surface area (Å²) in [4.78, 5) is 3.59. The average molecular weight is 399 g/mol. The van der Waals surface area contributed by atoms with Crippen molar-refractivity contribution in [1.29, 1.82) is 0 Å². The van der Waals surface area contributed by atoms with Gasteiger partial charge in [-0.15, -0.1) is 0 Å². The van der Waals surface area contributed by atoms with Crippen LogP contribution in [0.15, 0.2) is 91.1 Å². The summed E-state index contributed by atoms with van der Waals surface area (Å²) in [5.74, 6) is 0. The minimum Gasteiger partial charge on any atom is -0.354 e. The van der Waals surface area contributed by atoms with Crippen molar-refractivity contribution in [3.05, 3.63) is 102 Å². The highest BCUT2D eigenvalue weighted by atomic mass is 15.0. The van der Waals surface area contributed by atoms with E-state index in [1.165, 1.54) is 60.6 Å². The van der Waals surface area contributed by atoms with Crippen LogP contribution in [-0.2, 0) is 5.41 Å². The number of benzene rings is 4. The van der Waals surface area contributed by atoms with Crippen LogP contribution in [0.4, 0.5) is 0 Å². The molecule has 0 bridgehead atoms. The fraction of sp³-hybridized carbons (Fsp3) is 0.103. The molecule has 2 heteroatoms. The zero-order chi connectivity index (χ0) is 20.7. The van der Waals surface area contributed by atoms with Gasteiger partial charge in [0.2, 0.25) is 0 Å². The van der Waals surface area contributed by atoms with Gasteiger partial charge in [-0.3, -0.25) is 0 Å². The molecule has 0 radical (unpaired) electrons. The van der Waals surface area contributed by atoms with Crippen molar-refractivity contribution in [2.75, 3.05) is 0 Å². The number of hydrogen-bond acceptors (Lipinski definition) is 0. The molecule has 0 saturated heterocycles. The quantitative estimate of drug-likeness (QED) is 0.295. The van der Waals surface area contributed by atoms with Crippen molar-refractivity contribution in [1.82, 2.24) is 9.55 Å². The minimum absolute atomic E-state index is 0.00927. The van der Waals surface area contributed by atoms with Gasteiger partial charge in [0.25, 0.3) is 0 Å². The van der Waals surface area contributed by atoms with E-state index in [9.17, 15) is 0 Å². The lowest BCUT2D eigenvalue weighted by molar-refractivity contribution is 0.660. The maximum atomic E-state index is 3.59. The second-order valence-electron chi connectivity index (χ2n) is 9.21. The number of H-pyrrole nitrogens is 1. The summed E-state index contributed by atoms with van der Waals surface area (Å²) in [5, 5.41) is 3.83. The van der Waals surface area contributed by atoms with Crippen LogP contribution < -0.4 is 0 Å². The van der Waals surface area contributed by atoms with E-state index in [1.54, 1.807) is 0 Å². The molecule has 4 aromatic carbocycles. The lowest BCUT2D eigenvalue weighted by Crippen LogP contribution is -2.15. The van der Waals surface area contributed by atoms with Crippen molar-refractivity contribution in [3.63, 3.8) is 0 Å². The number of para-hydroxylation sites is 1. The van der Waals surface area contributed by atoms with Gasteiger partial charge in [-0.1, -0.05) is 62.4 Å². The van der Waals surface area contributed by atoms with Crippen LogP contribution in [0.2, 0.25) is 0 Å². The topological polar surface area (TPSA) is 20.7 Å². The molecule has 6 aromatic rings. The molecule has 0 aliphatic heterocycles. The van der Waals surface area contributed by atoms with E-state index in [0.717, 1.165) is 0 Å². The van der Waals surface area contributed by atoms with Gasteiger partial charge in [0.15, 0.2) is 0 Å². The molecule has 148 valence electrons. The zero-order valence-electron chi connectivity index (χ0n) is 17.6. The molecule has 1 N–H and O–H groups in total. The Morgan fingerprint density at radius 2 is 1.48 bits per heavy atom. The third-order valence-electron chi connectivity index (χ3n) is 7.16. The van der Waals surface area contributed by atoms with E-state index in [2.05, 4.69) is 115 Å². The molecule has 0 saturated carbocycles. The maximum Gasteiger partial charge on any atom is 0.0549 e. The van der Waals surface area contributed by atoms with E-state index >= 15 is 0 Å². The van der Waals surface area contributed by atoms with Crippen molar-refractivity contribution < 1.29 is 0 Å². The first kappa shape index (κ1) is 17.0. The smallest absolute Gasteiger partial charge is 0.0549 e. The summed E-state index contributed by atoms with van der Waals surface area (Å²) in [6.45, 7) is 4.67. The fourth-order valence-corrected chi connectivity index (χ4v) is 5.55. The minimum atomic E-state index is 0.00927. The average Bonchev–Trinajstić information content (AvgIpc) is 3.43. The molecule has 2 nitrogen and oxygen atoms in total. The van der Waals surface area contributed by atoms with Crippen LogP contribution in [0.3, 0.4) is 0 Å². The van der Waals surface area contributed by atoms with Crippen molar-refractivity contribution in [2.24, 2.45) is 0 Å². The lowest BCUT2D eigenvalue weighted by Gasteiger charge is -2.22. The molecule has 31 heavy (non-hydrogen) atoms. The molecule has 1 aliphatic rings. The molecule has 1 aliphatic carbocycles. The number of aromatic nitrogens is 2. The van der Waals surface area contributed by atoms with Crippen LogP contribution in [0, 0.1) is 0 Å². The van der Waals surface area contributed by atoms with E-state index in [-0.39, 0.29) is 5.41 Å². The molecular formula is C29H22N2. The molecule has 7 rings (SSSR count). The molecule has 0 fully saturated rings. The predicted octanol–water partition coefficient (Wildman–Crippen LogP) is 7.57. The largest absolute Gasteiger partial charge is 0.354 e. The first-order valence-electron chi connectivity index (χ1n) is 10.9. The van der Waals surface area contributed by atoms with Crippen LogP contribution in [0.25, 0.3) is 49.5 Å². The number of hydrogen-bond donors (Lipinski definition) is 1. The van der Waals surface area contributed by atoms with E-state index in [1.807, 2.05) is 0 Å². The van der Waals surface area contributed by atoms with Gasteiger partial charge in [0.05, 0.1) is 5.52 Å². The third kappa shape index (κ3) is 2.17. The van der Waals surface area contributed by atoms with Crippen molar-refractivity contribution in [2.45, 2.75) is 19.3 Å². The Hall–Kier alpha value is -3.78. The van der Waals surface area contributed by atoms with Gasteiger partial charge in [-0.2, -0.15) is 0 Å². The number of nitrogens with one attached hydrogen (secondary N) is 1. The predicted molar refractivity (Wildman–Crippen MR) is 130 cm³/mol. The van der Waals surface area contributed by atoms with Gasteiger partial charge in [-0.25, -0.2) is 0 Å². The summed E-state index contributed by atoms with van der Waals surface area (Å²) in [5.41, 5.74) is 10.4. The molecule has 2 aromatic heterocycles. The number of rotatable bonds is 1. The standard InChI is InChI=1S/C29H22N2/c1-29(2)24-9-5-3-7-20(24)21-12-11-19(16-25(21)29)31-14-13-18-15-23-22-8-4-6-10-26(22)30-27(23)17-28(18)31/h3-17,30H,1-2H3. The molecule has 0 atom stereocenters. The SMILES string of the molecule is CC1(C)c2ccccc2-c2ccc(-n3ccc4cc5c(cc43)[nH]c3ccccc35)cc21. The van der Waals surface area contributed by atoms with Gasteiger partial charge in [-0.05, 0) is 58.7 Å². The van der Waals surface area contributed by atoms with Crippen LogP contribution in [0.5, 0.6) is 0 Å². The molecular weight excluding hydrogens is 376 g/mol. The number of aromatic amines is 1. The number of nitrogens with zero attached hydrogens (tertiary/aromatic N) is 1. The Kier molecular flexibility index (Phi) is 3.10. The highest BCUT2D eigenvalue weighted by Crippen LogP contribution is 2.49. The Balaban J connectivity index is 1.45. The van der Waals surface area contributed by atoms with Gasteiger partial charge in [0.1, 0.15) is 0 Å². The Labute approximate surface area is 180 Å². The Bertz CT molecular complexity index is 1660. The second kappa shape index (κ2) is 5.67. The summed E-state index contributed by atoms with van der Waals surface area (Å²) >= 11 is 0. The maximum absolute atomic E-state index is 3.59. The summed E-state index contributed by atoms with van der Waals surface area (Å²) < 4.78 is 2.32. The molecule has 2 heterocycles. The highest BCUT2D eigenvalue weighted by molar-refractivity contribution is 6.11. The number of fused-ring (bicyclic) bond motifs is 7. The van der Waals surface area contributed by atoms with Crippen molar-refractivity contribution >= 4 is 32.7 Å². The first-order valence-corrected chi connectivity index (χ1v) is 10.9. The Morgan fingerprint density at radius 1 is 0.677 bits per heavy atom. The second-order valence-corrected chi connectivity index (χ2v) is 9.21. The summed E-state index contributed by atoms with van der Waals surface area (Å²) in [6.07, 6.45) is 2.20. The Morgan fingerprint density at radius 3 is 2.42 bits per heavy atom. The van der Waals surface area contributed by atoms with Crippen LogP contribution >= 0.6 is 0 Å². The third-order valence-corrected chi connectivity index (χ3v) is 7.16. The molecule has 0 spiro atoms. The summed E-state index contributed by atoms with van der Waals surface area (Å²) in [7, 11) is 0. The van der Waals surface area contributed by atoms with Gasteiger partial charge < -0.3 is 9.55 Å². The van der Waals surface area contributed by atoms with Crippen molar-refractivity contribution in [3.8, 4) is 16.8 Å². The zero-order valence-corrected chi connectivity index (χ0v) is 17.6. The fourth-order valence-electron chi connectivity index (χ4n) is 5.55. The molecule has 0 amide bonds. The van der Waals surface area contributed by atoms with E-state index in [4.69, 9.17) is 0 Å². The van der Waals surface area contributed by atoms with Crippen LogP contribution in [-0.4, -0.2) is 9.55 Å². The summed E-state index contributed by atoms with van der Waals surface area (Å²) in [6, 6.07) is 31.1. The van der Waals surface area contributed by atoms with E-state index in [0.29, 0.717) is 0 Å².